The number of benzene rings is 1. The number of nitrogens with zero attached hydrogens (tertiary/aromatic N) is 2. The van der Waals surface area contributed by atoms with Crippen LogP contribution >= 0.6 is 0 Å². The Hall–Kier alpha value is -2.12. The molecule has 2 rings (SSSR count). The topological polar surface area (TPSA) is 78.0 Å². The number of guanidine groups is 1. The average Bonchev–Trinajstić information content (AvgIpc) is 2.70. The summed E-state index contributed by atoms with van der Waals surface area (Å²) < 4.78 is 5.47. The highest BCUT2D eigenvalue weighted by Crippen LogP contribution is 2.15. The van der Waals surface area contributed by atoms with Crippen LogP contribution in [0.4, 0.5) is 0 Å². The number of rotatable bonds is 7. The predicted octanol–water partition coefficient (Wildman–Crippen LogP) is 2.38. The molecule has 0 bridgehead atoms. The van der Waals surface area contributed by atoms with Crippen molar-refractivity contribution in [1.29, 1.82) is 0 Å². The molecule has 7 heteroatoms. The maximum absolute atomic E-state index is 12.4. The van der Waals surface area contributed by atoms with Gasteiger partial charge in [0.1, 0.15) is 0 Å². The lowest BCUT2D eigenvalue weighted by Gasteiger charge is -2.41. The van der Waals surface area contributed by atoms with Crippen molar-refractivity contribution in [2.24, 2.45) is 4.99 Å². The van der Waals surface area contributed by atoms with Crippen LogP contribution in [0.25, 0.3) is 0 Å². The van der Waals surface area contributed by atoms with E-state index in [1.807, 2.05) is 45.0 Å². The van der Waals surface area contributed by atoms with Crippen LogP contribution in [0.2, 0.25) is 0 Å². The van der Waals surface area contributed by atoms with Gasteiger partial charge in [-0.15, -0.1) is 0 Å². The molecule has 0 spiro atoms. The zero-order valence-corrected chi connectivity index (χ0v) is 19.5. The summed E-state index contributed by atoms with van der Waals surface area (Å²) in [6.45, 7) is 18.0. The van der Waals surface area contributed by atoms with E-state index in [0.717, 1.165) is 50.9 Å². The highest BCUT2D eigenvalue weighted by atomic mass is 16.5. The quantitative estimate of drug-likeness (QED) is 0.469. The molecule has 1 aromatic carbocycles. The van der Waals surface area contributed by atoms with Crippen LogP contribution in [0.1, 0.15) is 57.5 Å². The van der Waals surface area contributed by atoms with E-state index in [1.165, 1.54) is 0 Å². The minimum absolute atomic E-state index is 0.00489. The second kappa shape index (κ2) is 10.8. The first-order valence-electron chi connectivity index (χ1n) is 10.9. The Labute approximate surface area is 181 Å². The number of amides is 1. The average molecular weight is 418 g/mol. The highest BCUT2D eigenvalue weighted by Gasteiger charge is 2.28. The number of morpholine rings is 1. The summed E-state index contributed by atoms with van der Waals surface area (Å²) in [5, 5.41) is 9.79. The van der Waals surface area contributed by atoms with Gasteiger partial charge >= 0.3 is 0 Å². The highest BCUT2D eigenvalue weighted by molar-refractivity contribution is 5.94. The molecule has 3 N–H and O–H groups in total. The normalized spacial score (nSPS) is 16.3. The van der Waals surface area contributed by atoms with Gasteiger partial charge in [-0.1, -0.05) is 12.1 Å². The molecule has 1 saturated heterocycles. The summed E-state index contributed by atoms with van der Waals surface area (Å²) in [7, 11) is 0. The van der Waals surface area contributed by atoms with Crippen molar-refractivity contribution in [3.8, 4) is 0 Å². The SMILES string of the molecule is CCNC(=NCc1cccc(C(=O)NC(C)(C)C)c1)NCC(C)(C)N1CCOCC1. The Balaban J connectivity index is 2.00. The molecule has 1 heterocycles. The van der Waals surface area contributed by atoms with Crippen molar-refractivity contribution in [2.75, 3.05) is 39.4 Å². The van der Waals surface area contributed by atoms with Crippen molar-refractivity contribution >= 4 is 11.9 Å². The van der Waals surface area contributed by atoms with Crippen molar-refractivity contribution in [2.45, 2.75) is 59.2 Å². The molecule has 0 aromatic heterocycles. The standard InChI is InChI=1S/C23H39N5O2/c1-7-24-21(26-17-23(5,6)28-11-13-30-14-12-28)25-16-18-9-8-10-19(15-18)20(29)27-22(2,3)4/h8-10,15H,7,11-14,16-17H2,1-6H3,(H,27,29)(H2,24,25,26). The van der Waals surface area contributed by atoms with E-state index < -0.39 is 0 Å². The first-order valence-corrected chi connectivity index (χ1v) is 10.9. The molecule has 0 saturated carbocycles. The molecule has 168 valence electrons. The molecule has 1 aliphatic heterocycles. The monoisotopic (exact) mass is 417 g/mol. The number of carbonyl (C=O) groups excluding carboxylic acids is 1. The third-order valence-electron chi connectivity index (χ3n) is 5.00. The van der Waals surface area contributed by atoms with E-state index in [9.17, 15) is 4.79 Å². The zero-order valence-electron chi connectivity index (χ0n) is 19.5. The van der Waals surface area contributed by atoms with Crippen molar-refractivity contribution in [1.82, 2.24) is 20.9 Å². The van der Waals surface area contributed by atoms with Gasteiger partial charge in [0.25, 0.3) is 5.91 Å². The molecule has 0 radical (unpaired) electrons. The second-order valence-corrected chi connectivity index (χ2v) is 9.37. The first-order chi connectivity index (χ1) is 14.1. The molecule has 1 aromatic rings. The van der Waals surface area contributed by atoms with Gasteiger partial charge in [-0.2, -0.15) is 0 Å². The van der Waals surface area contributed by atoms with E-state index in [1.54, 1.807) is 0 Å². The Morgan fingerprint density at radius 2 is 1.83 bits per heavy atom. The third kappa shape index (κ3) is 7.95. The number of carbonyl (C=O) groups is 1. The summed E-state index contributed by atoms with van der Waals surface area (Å²) in [5.41, 5.74) is 1.40. The van der Waals surface area contributed by atoms with Gasteiger partial charge in [-0.3, -0.25) is 9.69 Å². The zero-order chi connectivity index (χ0) is 22.2. The number of ether oxygens (including phenoxy) is 1. The molecule has 0 unspecified atom stereocenters. The van der Waals surface area contributed by atoms with Crippen LogP contribution < -0.4 is 16.0 Å². The smallest absolute Gasteiger partial charge is 0.251 e. The molecular weight excluding hydrogens is 378 g/mol. The van der Waals surface area contributed by atoms with Gasteiger partial charge < -0.3 is 20.7 Å². The van der Waals surface area contributed by atoms with Gasteiger partial charge in [-0.05, 0) is 59.2 Å². The predicted molar refractivity (Wildman–Crippen MR) is 123 cm³/mol. The lowest BCUT2D eigenvalue weighted by atomic mass is 10.0. The van der Waals surface area contributed by atoms with Gasteiger partial charge in [0, 0.05) is 42.8 Å². The summed E-state index contributed by atoms with van der Waals surface area (Å²) in [6, 6.07) is 7.65. The molecule has 1 amide bonds. The van der Waals surface area contributed by atoms with Gasteiger partial charge in [0.15, 0.2) is 5.96 Å². The number of nitrogens with one attached hydrogen (secondary N) is 3. The molecule has 30 heavy (non-hydrogen) atoms. The number of hydrogen-bond donors (Lipinski definition) is 3. The third-order valence-corrected chi connectivity index (χ3v) is 5.00. The van der Waals surface area contributed by atoms with E-state index >= 15 is 0 Å². The van der Waals surface area contributed by atoms with Gasteiger partial charge in [0.2, 0.25) is 0 Å². The van der Waals surface area contributed by atoms with Crippen LogP contribution in [-0.4, -0.2) is 67.2 Å². The number of hydrogen-bond acceptors (Lipinski definition) is 4. The largest absolute Gasteiger partial charge is 0.379 e. The minimum Gasteiger partial charge on any atom is -0.379 e. The van der Waals surface area contributed by atoms with Gasteiger partial charge in [0.05, 0.1) is 19.8 Å². The van der Waals surface area contributed by atoms with E-state index in [2.05, 4.69) is 41.6 Å². The van der Waals surface area contributed by atoms with Crippen LogP contribution in [0.3, 0.4) is 0 Å². The molecule has 0 aliphatic carbocycles. The maximum atomic E-state index is 12.4. The molecule has 1 aliphatic rings. The fourth-order valence-corrected chi connectivity index (χ4v) is 3.32. The Morgan fingerprint density at radius 3 is 2.47 bits per heavy atom. The Kier molecular flexibility index (Phi) is 8.67. The summed E-state index contributed by atoms with van der Waals surface area (Å²) in [6.07, 6.45) is 0. The van der Waals surface area contributed by atoms with E-state index in [4.69, 9.17) is 9.73 Å². The first kappa shape index (κ1) is 24.2. The fraction of sp³-hybridized carbons (Fsp3) is 0.652. The van der Waals surface area contributed by atoms with Crippen LogP contribution in [0, 0.1) is 0 Å². The minimum atomic E-state index is -0.263. The Bertz CT molecular complexity index is 719. The van der Waals surface area contributed by atoms with Gasteiger partial charge in [-0.25, -0.2) is 4.99 Å². The second-order valence-electron chi connectivity index (χ2n) is 9.37. The van der Waals surface area contributed by atoms with Crippen LogP contribution in [0.5, 0.6) is 0 Å². The summed E-state index contributed by atoms with van der Waals surface area (Å²) >= 11 is 0. The van der Waals surface area contributed by atoms with Crippen molar-refractivity contribution in [3.63, 3.8) is 0 Å². The van der Waals surface area contributed by atoms with E-state index in [0.29, 0.717) is 12.1 Å². The maximum Gasteiger partial charge on any atom is 0.251 e. The van der Waals surface area contributed by atoms with Crippen molar-refractivity contribution in [3.05, 3.63) is 35.4 Å². The Morgan fingerprint density at radius 1 is 1.13 bits per heavy atom. The molecule has 7 nitrogen and oxygen atoms in total. The lowest BCUT2D eigenvalue weighted by Crippen LogP contribution is -2.56. The molecule has 0 atom stereocenters. The van der Waals surface area contributed by atoms with Crippen molar-refractivity contribution < 1.29 is 9.53 Å². The van der Waals surface area contributed by atoms with Crippen LogP contribution in [-0.2, 0) is 11.3 Å². The molecule has 1 fully saturated rings. The number of aliphatic imine (C=N–C) groups is 1. The van der Waals surface area contributed by atoms with Crippen LogP contribution in [0.15, 0.2) is 29.3 Å². The van der Waals surface area contributed by atoms with E-state index in [-0.39, 0.29) is 17.0 Å². The fourth-order valence-electron chi connectivity index (χ4n) is 3.32. The summed E-state index contributed by atoms with van der Waals surface area (Å²) in [4.78, 5) is 19.6. The summed E-state index contributed by atoms with van der Waals surface area (Å²) in [5.74, 6) is 0.717. The molecular formula is C23H39N5O2. The lowest BCUT2D eigenvalue weighted by molar-refractivity contribution is -0.00834.